The van der Waals surface area contributed by atoms with Crippen LogP contribution in [0.1, 0.15) is 64.2 Å². The largest absolute Gasteiger partial charge is 0.381 e. The minimum atomic E-state index is 0.509. The molecular formula is C17H32N2O. The van der Waals surface area contributed by atoms with Crippen LogP contribution in [0.4, 0.5) is 0 Å². The van der Waals surface area contributed by atoms with E-state index in [2.05, 4.69) is 10.2 Å². The van der Waals surface area contributed by atoms with Gasteiger partial charge in [-0.2, -0.15) is 0 Å². The average Bonchev–Trinajstić information content (AvgIpc) is 2.97. The minimum Gasteiger partial charge on any atom is -0.381 e. The molecule has 0 unspecified atom stereocenters. The van der Waals surface area contributed by atoms with Crippen molar-refractivity contribution in [3.8, 4) is 0 Å². The number of hydrogen-bond acceptors (Lipinski definition) is 3. The van der Waals surface area contributed by atoms with Gasteiger partial charge in [-0.1, -0.05) is 19.3 Å². The number of methoxy groups -OCH3 is 1. The van der Waals surface area contributed by atoms with Gasteiger partial charge >= 0.3 is 0 Å². The Bertz CT molecular complexity index is 283. The van der Waals surface area contributed by atoms with E-state index in [-0.39, 0.29) is 0 Å². The van der Waals surface area contributed by atoms with Crippen molar-refractivity contribution in [3.63, 3.8) is 0 Å². The number of likely N-dealkylation sites (tertiary alicyclic amines) is 1. The molecule has 1 N–H and O–H groups in total. The first-order valence-electron chi connectivity index (χ1n) is 8.88. The highest BCUT2D eigenvalue weighted by atomic mass is 16.5. The second-order valence-electron chi connectivity index (χ2n) is 7.14. The smallest absolute Gasteiger partial charge is 0.0586 e. The summed E-state index contributed by atoms with van der Waals surface area (Å²) in [6, 6.07) is 2.38. The Kier molecular flexibility index (Phi) is 5.36. The molecular weight excluding hydrogens is 248 g/mol. The number of nitrogens with zero attached hydrogens (tertiary/aromatic N) is 1. The molecule has 3 rings (SSSR count). The minimum absolute atomic E-state index is 0.509. The molecule has 3 fully saturated rings. The van der Waals surface area contributed by atoms with E-state index in [1.807, 2.05) is 7.11 Å². The van der Waals surface area contributed by atoms with Crippen molar-refractivity contribution in [1.29, 1.82) is 0 Å². The molecule has 0 aromatic carbocycles. The zero-order valence-corrected chi connectivity index (χ0v) is 13.2. The topological polar surface area (TPSA) is 24.5 Å². The van der Waals surface area contributed by atoms with Crippen LogP contribution in [-0.4, -0.2) is 49.3 Å². The second-order valence-corrected chi connectivity index (χ2v) is 7.14. The SMILES string of the molecule is CO[C@@H]1CC[C@@H](NC2CCN(C3CCCCC3)CC2)C1. The molecule has 116 valence electrons. The van der Waals surface area contributed by atoms with E-state index in [1.165, 1.54) is 77.3 Å². The van der Waals surface area contributed by atoms with Gasteiger partial charge in [0.25, 0.3) is 0 Å². The third-order valence-corrected chi connectivity index (χ3v) is 5.81. The lowest BCUT2D eigenvalue weighted by Gasteiger charge is -2.40. The molecule has 0 spiro atoms. The van der Waals surface area contributed by atoms with Crippen molar-refractivity contribution in [2.45, 2.75) is 88.4 Å². The predicted molar refractivity (Wildman–Crippen MR) is 83.0 cm³/mol. The van der Waals surface area contributed by atoms with Crippen LogP contribution in [0.5, 0.6) is 0 Å². The fraction of sp³-hybridized carbons (Fsp3) is 1.00. The highest BCUT2D eigenvalue weighted by molar-refractivity contribution is 4.88. The van der Waals surface area contributed by atoms with Crippen molar-refractivity contribution in [2.75, 3.05) is 20.2 Å². The van der Waals surface area contributed by atoms with Crippen molar-refractivity contribution in [2.24, 2.45) is 0 Å². The van der Waals surface area contributed by atoms with Crippen molar-refractivity contribution in [1.82, 2.24) is 10.2 Å². The van der Waals surface area contributed by atoms with Gasteiger partial charge in [-0.25, -0.2) is 0 Å². The first-order valence-corrected chi connectivity index (χ1v) is 8.88. The number of hydrogen-bond donors (Lipinski definition) is 1. The molecule has 3 aliphatic rings. The van der Waals surface area contributed by atoms with Gasteiger partial charge in [0.1, 0.15) is 0 Å². The van der Waals surface area contributed by atoms with Crippen LogP contribution in [0.15, 0.2) is 0 Å². The maximum Gasteiger partial charge on any atom is 0.0586 e. The summed E-state index contributed by atoms with van der Waals surface area (Å²) in [6.45, 7) is 2.64. The van der Waals surface area contributed by atoms with Crippen LogP contribution in [0, 0.1) is 0 Å². The molecule has 0 aromatic heterocycles. The molecule has 20 heavy (non-hydrogen) atoms. The van der Waals surface area contributed by atoms with E-state index in [9.17, 15) is 0 Å². The van der Waals surface area contributed by atoms with Gasteiger partial charge < -0.3 is 15.0 Å². The Labute approximate surface area is 124 Å². The summed E-state index contributed by atoms with van der Waals surface area (Å²) < 4.78 is 5.48. The van der Waals surface area contributed by atoms with E-state index < -0.39 is 0 Å². The molecule has 0 radical (unpaired) electrons. The summed E-state index contributed by atoms with van der Waals surface area (Å²) in [4.78, 5) is 2.78. The van der Waals surface area contributed by atoms with E-state index in [4.69, 9.17) is 4.74 Å². The lowest BCUT2D eigenvalue weighted by molar-refractivity contribution is 0.101. The molecule has 1 aliphatic heterocycles. The molecule has 3 nitrogen and oxygen atoms in total. The number of piperidine rings is 1. The molecule has 0 amide bonds. The summed E-state index contributed by atoms with van der Waals surface area (Å²) in [6.07, 6.45) is 14.3. The molecule has 1 saturated heterocycles. The highest BCUT2D eigenvalue weighted by Crippen LogP contribution is 2.27. The lowest BCUT2D eigenvalue weighted by Crippen LogP contribution is -2.49. The predicted octanol–water partition coefficient (Wildman–Crippen LogP) is 2.94. The molecule has 1 heterocycles. The van der Waals surface area contributed by atoms with Gasteiger partial charge in [0.05, 0.1) is 6.10 Å². The van der Waals surface area contributed by atoms with Gasteiger partial charge in [0.15, 0.2) is 0 Å². The Hall–Kier alpha value is -0.120. The first kappa shape index (κ1) is 14.8. The first-order chi connectivity index (χ1) is 9.85. The van der Waals surface area contributed by atoms with Gasteiger partial charge in [-0.3, -0.25) is 0 Å². The third-order valence-electron chi connectivity index (χ3n) is 5.81. The molecule has 0 aromatic rings. The van der Waals surface area contributed by atoms with E-state index in [1.54, 1.807) is 0 Å². The van der Waals surface area contributed by atoms with Gasteiger partial charge in [-0.05, 0) is 58.0 Å². The Morgan fingerprint density at radius 1 is 0.850 bits per heavy atom. The van der Waals surface area contributed by atoms with Crippen LogP contribution >= 0.6 is 0 Å². The maximum absolute atomic E-state index is 5.48. The van der Waals surface area contributed by atoms with Crippen LogP contribution in [0.2, 0.25) is 0 Å². The normalized spacial score (nSPS) is 34.6. The molecule has 3 heteroatoms. The number of ether oxygens (including phenoxy) is 1. The van der Waals surface area contributed by atoms with Crippen molar-refractivity contribution in [3.05, 3.63) is 0 Å². The van der Waals surface area contributed by atoms with Crippen LogP contribution < -0.4 is 5.32 Å². The zero-order chi connectivity index (χ0) is 13.8. The fourth-order valence-corrected chi connectivity index (χ4v) is 4.52. The summed E-state index contributed by atoms with van der Waals surface area (Å²) >= 11 is 0. The van der Waals surface area contributed by atoms with Gasteiger partial charge in [-0.15, -0.1) is 0 Å². The van der Waals surface area contributed by atoms with Crippen LogP contribution in [0.3, 0.4) is 0 Å². The third kappa shape index (κ3) is 3.75. The van der Waals surface area contributed by atoms with Gasteiger partial charge in [0, 0.05) is 25.2 Å². The van der Waals surface area contributed by atoms with Crippen LogP contribution in [0.25, 0.3) is 0 Å². The summed E-state index contributed by atoms with van der Waals surface area (Å²) in [5, 5.41) is 3.90. The Morgan fingerprint density at radius 3 is 2.25 bits per heavy atom. The monoisotopic (exact) mass is 280 g/mol. The quantitative estimate of drug-likeness (QED) is 0.857. The van der Waals surface area contributed by atoms with Gasteiger partial charge in [0.2, 0.25) is 0 Å². The molecule has 2 atom stereocenters. The van der Waals surface area contributed by atoms with Crippen molar-refractivity contribution >= 4 is 0 Å². The Balaban J connectivity index is 1.38. The van der Waals surface area contributed by atoms with E-state index in [0.717, 1.165) is 12.1 Å². The maximum atomic E-state index is 5.48. The summed E-state index contributed by atoms with van der Waals surface area (Å²) in [5.74, 6) is 0. The van der Waals surface area contributed by atoms with E-state index in [0.29, 0.717) is 12.1 Å². The summed E-state index contributed by atoms with van der Waals surface area (Å²) in [7, 11) is 1.86. The average molecular weight is 280 g/mol. The standard InChI is InChI=1S/C17H32N2O/c1-20-17-8-7-15(13-17)18-14-9-11-19(12-10-14)16-5-3-2-4-6-16/h14-18H,2-13H2,1H3/t15-,17-/m1/s1. The number of nitrogens with one attached hydrogen (secondary N) is 1. The molecule has 0 bridgehead atoms. The molecule has 2 saturated carbocycles. The lowest BCUT2D eigenvalue weighted by atomic mass is 9.92. The van der Waals surface area contributed by atoms with Crippen molar-refractivity contribution < 1.29 is 4.74 Å². The Morgan fingerprint density at radius 2 is 1.60 bits per heavy atom. The molecule has 2 aliphatic carbocycles. The second kappa shape index (κ2) is 7.24. The zero-order valence-electron chi connectivity index (χ0n) is 13.2. The highest BCUT2D eigenvalue weighted by Gasteiger charge is 2.29. The number of rotatable bonds is 4. The fourth-order valence-electron chi connectivity index (χ4n) is 4.52. The van der Waals surface area contributed by atoms with E-state index >= 15 is 0 Å². The van der Waals surface area contributed by atoms with Crippen LogP contribution in [-0.2, 0) is 4.74 Å². The summed E-state index contributed by atoms with van der Waals surface area (Å²) in [5.41, 5.74) is 0.